The average molecular weight is 350 g/mol. The van der Waals surface area contributed by atoms with Gasteiger partial charge in [-0.05, 0) is 0 Å². The van der Waals surface area contributed by atoms with Gasteiger partial charge < -0.3 is 53.3 Å². The molecule has 2 atom stereocenters. The predicted molar refractivity (Wildman–Crippen MR) is 64.0 cm³/mol. The lowest BCUT2D eigenvalue weighted by molar-refractivity contribution is -0.339. The first-order chi connectivity index (χ1) is 6.47. The fourth-order valence-corrected chi connectivity index (χ4v) is 3.65. The van der Waals surface area contributed by atoms with Crippen molar-refractivity contribution in [2.75, 3.05) is 6.16 Å². The molecule has 16 N–H and O–H groups in total. The van der Waals surface area contributed by atoms with E-state index in [1.54, 1.807) is 0 Å². The maximum atomic E-state index is 10.7. The molecule has 0 aromatic heterocycles. The Morgan fingerprint density at radius 1 is 0.895 bits per heavy atom. The van der Waals surface area contributed by atoms with Crippen LogP contribution in [0.15, 0.2) is 12.7 Å². The Kier molecular flexibility index (Phi) is 17.8. The second-order valence-electron chi connectivity index (χ2n) is 2.14. The molecule has 0 radical (unpaired) electrons. The summed E-state index contributed by atoms with van der Waals surface area (Å²) in [6.07, 6.45) is -0.0492. The van der Waals surface area contributed by atoms with Crippen LogP contribution >= 0.6 is 23.2 Å². The van der Waals surface area contributed by atoms with E-state index in [9.17, 15) is 33.3 Å². The Morgan fingerprint density at radius 3 is 1.53 bits per heavy atom. The Bertz CT molecular complexity index is 381. The third kappa shape index (κ3) is 18.0. The van der Waals surface area contributed by atoms with Crippen molar-refractivity contribution >= 4 is 23.2 Å². The van der Waals surface area contributed by atoms with E-state index < -0.39 is 29.4 Å². The number of quaternary nitrogens is 4. The van der Waals surface area contributed by atoms with Crippen LogP contribution in [0.25, 0.3) is 0 Å². The Labute approximate surface area is 109 Å². The maximum Gasteiger partial charge on any atom is 0.276 e. The monoisotopic (exact) mass is 350 g/mol. The number of hydrogen-bond donors (Lipinski definition) is 4. The highest BCUT2D eigenvalue weighted by Gasteiger charge is 2.19. The molecule has 13 nitrogen and oxygen atoms in total. The van der Waals surface area contributed by atoms with Gasteiger partial charge in [0.05, 0.1) is 7.82 Å². The first-order valence-electron chi connectivity index (χ1n) is 3.14. The number of hydrogen-bond acceptors (Lipinski definition) is 9. The largest absolute Gasteiger partial charge is 0.790 e. The van der Waals surface area contributed by atoms with Crippen LogP contribution in [0, 0.1) is 0 Å². The zero-order chi connectivity index (χ0) is 12.3. The van der Waals surface area contributed by atoms with E-state index in [2.05, 4.69) is 15.2 Å². The van der Waals surface area contributed by atoms with Gasteiger partial charge in [0.25, 0.3) is 7.82 Å². The minimum Gasteiger partial charge on any atom is -0.790 e. The molecule has 0 aliphatic heterocycles. The highest BCUT2D eigenvalue weighted by atomic mass is 31.3. The smallest absolute Gasteiger partial charge is 0.276 e. The molecule has 0 aromatic rings. The van der Waals surface area contributed by atoms with Crippen molar-refractivity contribution in [3.8, 4) is 0 Å². The molecule has 0 bridgehead atoms. The fourth-order valence-electron chi connectivity index (χ4n) is 0.481. The lowest BCUT2D eigenvalue weighted by atomic mass is 10.8. The van der Waals surface area contributed by atoms with Gasteiger partial charge in [0.1, 0.15) is 7.60 Å². The molecule has 0 saturated heterocycles. The standard InChI is InChI=1S/C3H9O9P3.4H3N/c1-2-3-13(4,5)11-15(9,10)12-14(6,7)8;;;;/h2H,1,3H2,(H,4,5)(H,9,10)(H2,6,7,8);4*1H3. The Morgan fingerprint density at radius 2 is 1.26 bits per heavy atom. The van der Waals surface area contributed by atoms with E-state index in [1.807, 2.05) is 0 Å². The number of allylic oxidation sites excluding steroid dienone is 1. The van der Waals surface area contributed by atoms with Crippen molar-refractivity contribution in [3.05, 3.63) is 12.7 Å². The summed E-state index contributed by atoms with van der Waals surface area (Å²) < 4.78 is 37.4. The highest BCUT2D eigenvalue weighted by molar-refractivity contribution is 7.66. The van der Waals surface area contributed by atoms with Gasteiger partial charge in [0, 0.05) is 6.16 Å². The predicted octanol–water partition coefficient (Wildman–Crippen LogP) is -0.439. The van der Waals surface area contributed by atoms with Gasteiger partial charge in [0.2, 0.25) is 0 Å². The van der Waals surface area contributed by atoms with Gasteiger partial charge in [-0.3, -0.25) is 13.2 Å². The summed E-state index contributed by atoms with van der Waals surface area (Å²) in [5, 5.41) is 0. The van der Waals surface area contributed by atoms with Crippen molar-refractivity contribution in [1.29, 1.82) is 0 Å². The first-order valence-corrected chi connectivity index (χ1v) is 7.79. The quantitative estimate of drug-likeness (QED) is 0.355. The van der Waals surface area contributed by atoms with E-state index in [0.717, 1.165) is 6.08 Å². The zero-order valence-electron chi connectivity index (χ0n) is 11.0. The molecule has 0 saturated carbocycles. The molecule has 0 fully saturated rings. The van der Waals surface area contributed by atoms with Gasteiger partial charge in [-0.2, -0.15) is 0 Å². The summed E-state index contributed by atoms with van der Waals surface area (Å²) in [5.74, 6) is 0. The number of phosphoric acid groups is 2. The van der Waals surface area contributed by atoms with Gasteiger partial charge in [0.15, 0.2) is 0 Å². The summed E-state index contributed by atoms with van der Waals surface area (Å²) in [6, 6.07) is 0. The second-order valence-corrected chi connectivity index (χ2v) is 6.82. The van der Waals surface area contributed by atoms with Crippen LogP contribution in [0.4, 0.5) is 0 Å². The third-order valence-electron chi connectivity index (χ3n) is 0.777. The summed E-state index contributed by atoms with van der Waals surface area (Å²) in [7, 11) is -16.5. The molecule has 19 heavy (non-hydrogen) atoms. The van der Waals surface area contributed by atoms with E-state index in [-0.39, 0.29) is 24.6 Å². The molecule has 0 rings (SSSR count). The lowest BCUT2D eigenvalue weighted by Gasteiger charge is -2.37. The molecule has 0 amide bonds. The van der Waals surface area contributed by atoms with Crippen LogP contribution in [-0.4, -0.2) is 6.16 Å². The average Bonchev–Trinajstić information content (AvgIpc) is 1.74. The first kappa shape index (κ1) is 31.4. The van der Waals surface area contributed by atoms with Crippen LogP contribution in [0.1, 0.15) is 0 Å². The van der Waals surface area contributed by atoms with E-state index >= 15 is 0 Å². The van der Waals surface area contributed by atoms with Crippen molar-refractivity contribution < 1.29 is 41.9 Å². The minimum atomic E-state index is -5.88. The molecule has 0 aromatic carbocycles. The third-order valence-corrected chi connectivity index (χ3v) is 4.88. The van der Waals surface area contributed by atoms with E-state index in [0.29, 0.717) is 0 Å². The maximum absolute atomic E-state index is 10.7. The fraction of sp³-hybridized carbons (Fsp3) is 0.333. The van der Waals surface area contributed by atoms with Crippen molar-refractivity contribution in [1.82, 2.24) is 24.6 Å². The van der Waals surface area contributed by atoms with Gasteiger partial charge in [-0.1, -0.05) is 6.08 Å². The van der Waals surface area contributed by atoms with E-state index in [1.165, 1.54) is 0 Å². The molecular weight excluding hydrogens is 329 g/mol. The van der Waals surface area contributed by atoms with Crippen LogP contribution in [0.5, 0.6) is 0 Å². The van der Waals surface area contributed by atoms with Gasteiger partial charge in [-0.25, -0.2) is 0 Å². The molecule has 0 aliphatic carbocycles. The van der Waals surface area contributed by atoms with Crippen molar-refractivity contribution in [2.45, 2.75) is 0 Å². The van der Waals surface area contributed by atoms with Crippen LogP contribution < -0.4 is 44.2 Å². The summed E-state index contributed by atoms with van der Waals surface area (Å²) >= 11 is 0. The molecule has 0 spiro atoms. The van der Waals surface area contributed by atoms with Crippen LogP contribution in [0.2, 0.25) is 0 Å². The highest BCUT2D eigenvalue weighted by Crippen LogP contribution is 2.59. The zero-order valence-corrected chi connectivity index (χ0v) is 13.7. The normalized spacial score (nSPS) is 16.0. The lowest BCUT2D eigenvalue weighted by Crippen LogP contribution is -2.20. The van der Waals surface area contributed by atoms with Crippen molar-refractivity contribution in [2.24, 2.45) is 0 Å². The summed E-state index contributed by atoms with van der Waals surface area (Å²) in [5.41, 5.74) is 0. The van der Waals surface area contributed by atoms with Crippen molar-refractivity contribution in [3.63, 3.8) is 0 Å². The van der Waals surface area contributed by atoms with Crippen LogP contribution in [-0.2, 0) is 22.3 Å². The summed E-state index contributed by atoms with van der Waals surface area (Å²) in [6.45, 7) is 2.99. The second kappa shape index (κ2) is 10.8. The minimum absolute atomic E-state index is 0. The SMILES string of the molecule is C=CCP(=O)([O-])OP(=O)([O-])OP(=O)([O-])[O-].[NH4+].[NH4+].[NH4+].[NH4+]. The molecule has 122 valence electrons. The molecular formula is C3H21N4O9P3. The van der Waals surface area contributed by atoms with Gasteiger partial charge >= 0.3 is 0 Å². The van der Waals surface area contributed by atoms with Gasteiger partial charge in [-0.15, -0.1) is 6.58 Å². The molecule has 0 heterocycles. The number of rotatable bonds is 6. The molecule has 0 aliphatic rings. The van der Waals surface area contributed by atoms with E-state index in [4.69, 9.17) is 0 Å². The molecule has 16 heteroatoms. The molecule has 2 unspecified atom stereocenters. The Balaban J connectivity index is -0.000000163. The topological polar surface area (TPSA) is 308 Å². The van der Waals surface area contributed by atoms with Crippen LogP contribution in [0.3, 0.4) is 0 Å². The Hall–Kier alpha value is 0.0300. The summed E-state index contributed by atoms with van der Waals surface area (Å²) in [4.78, 5) is 41.0.